The van der Waals surface area contributed by atoms with Gasteiger partial charge in [-0.1, -0.05) is 49.2 Å². The van der Waals surface area contributed by atoms with E-state index in [9.17, 15) is 78.0 Å². The lowest BCUT2D eigenvalue weighted by atomic mass is 9.98. The number of rotatable bonds is 52. The molecule has 0 aliphatic heterocycles. The molecule has 548 valence electrons. The first kappa shape index (κ1) is 87.2. The monoisotopic (exact) mass is 1410 g/mol. The summed E-state index contributed by atoms with van der Waals surface area (Å²) in [5, 5.41) is 38.6. The van der Waals surface area contributed by atoms with Crippen molar-refractivity contribution in [3.8, 4) is 0 Å². The van der Waals surface area contributed by atoms with Gasteiger partial charge in [-0.15, -0.1) is 0 Å². The molecule has 0 aromatic heterocycles. The molecule has 4 N–H and O–H groups in total. The standard InChI is InChI=1S/2C34H42O16/c1-5-23(3)49-47-19-17-43-29(35)13-9-7-11-15-45-33(41)27-21-26(32(39)40)28(22-25(27)31(37)38)34(42)46-16-12-8-10-14-30(36)44-18-20-48-50-24(4)6-2;1-5-23(3)49-47-19-17-43-29(35)13-9-7-11-15-45-33(41)27-22-28(26(32(39)40)21-25(27)31(37)38)34(42)46-16-12-8-10-14-30(36)44-18-20-48-50-24(4)6-2/h2*21-22H,1-2,7-20H2,3-4H3,(H,37,38)(H,39,40). The van der Waals surface area contributed by atoms with E-state index in [1.54, 1.807) is 27.7 Å². The van der Waals surface area contributed by atoms with Gasteiger partial charge in [0.15, 0.2) is 23.0 Å². The lowest BCUT2D eigenvalue weighted by molar-refractivity contribution is -0.266. The number of hydrogen-bond donors (Lipinski definition) is 4. The molecule has 0 aliphatic rings. The molecule has 0 bridgehead atoms. The van der Waals surface area contributed by atoms with Gasteiger partial charge in [0.25, 0.3) is 0 Å². The second kappa shape index (κ2) is 52.3. The zero-order chi connectivity index (χ0) is 74.6. The molecule has 0 spiro atoms. The molecular weight excluding hydrogens is 1330 g/mol. The summed E-state index contributed by atoms with van der Waals surface area (Å²) in [5.41, 5.74) is 5.02. The van der Waals surface area contributed by atoms with E-state index in [1.165, 1.54) is 0 Å². The first-order valence-corrected chi connectivity index (χ1v) is 31.1. The fraction of sp³-hybridized carbons (Fsp3) is 0.471. The minimum Gasteiger partial charge on any atom is -0.478 e. The Bertz CT molecular complexity index is 3090. The Morgan fingerprint density at radius 3 is 0.650 bits per heavy atom. The van der Waals surface area contributed by atoms with Crippen molar-refractivity contribution in [1.82, 2.24) is 0 Å². The Hall–Kier alpha value is -10.8. The number of carboxylic acid groups (broad SMARTS) is 4. The molecular formula is C68H84O32. The maximum absolute atomic E-state index is 12.8. The van der Waals surface area contributed by atoms with Gasteiger partial charge in [-0.3, -0.25) is 19.2 Å². The molecule has 0 radical (unpaired) electrons. The van der Waals surface area contributed by atoms with Gasteiger partial charge in [0, 0.05) is 53.4 Å². The van der Waals surface area contributed by atoms with E-state index < -0.39 is 116 Å². The molecule has 32 nitrogen and oxygen atoms in total. The smallest absolute Gasteiger partial charge is 0.339 e. The van der Waals surface area contributed by atoms with Crippen LogP contribution in [0.25, 0.3) is 0 Å². The van der Waals surface area contributed by atoms with Gasteiger partial charge < -0.3 is 77.9 Å². The number of allylic oxidation sites excluding steroid dienone is 4. The van der Waals surface area contributed by atoms with Crippen LogP contribution in [0.15, 0.2) is 96.5 Å². The van der Waals surface area contributed by atoms with Crippen LogP contribution in [-0.4, -0.2) is 171 Å². The number of hydrogen-bond acceptors (Lipinski definition) is 28. The van der Waals surface area contributed by atoms with Gasteiger partial charge in [0.1, 0.15) is 52.9 Å². The van der Waals surface area contributed by atoms with Gasteiger partial charge in [0.2, 0.25) is 0 Å². The van der Waals surface area contributed by atoms with Crippen LogP contribution < -0.4 is 0 Å². The molecule has 0 aliphatic carbocycles. The second-order valence-electron chi connectivity index (χ2n) is 20.3. The van der Waals surface area contributed by atoms with E-state index in [0.717, 1.165) is 18.2 Å². The number of aromatic carboxylic acids is 4. The van der Waals surface area contributed by atoms with Crippen molar-refractivity contribution in [2.24, 2.45) is 0 Å². The van der Waals surface area contributed by atoms with Crippen molar-refractivity contribution in [2.75, 3.05) is 79.3 Å². The molecule has 0 heterocycles. The number of benzene rings is 2. The highest BCUT2D eigenvalue weighted by molar-refractivity contribution is 6.11. The van der Waals surface area contributed by atoms with E-state index in [1.807, 2.05) is 0 Å². The lowest BCUT2D eigenvalue weighted by Gasteiger charge is -2.12. The summed E-state index contributed by atoms with van der Waals surface area (Å²) in [7, 11) is 0. The van der Waals surface area contributed by atoms with Crippen molar-refractivity contribution in [1.29, 1.82) is 0 Å². The second-order valence-corrected chi connectivity index (χ2v) is 20.3. The third-order valence-electron chi connectivity index (χ3n) is 12.6. The summed E-state index contributed by atoms with van der Waals surface area (Å²) in [6.45, 7) is 19.2. The summed E-state index contributed by atoms with van der Waals surface area (Å²) in [6.07, 6.45) is 5.20. The van der Waals surface area contributed by atoms with Crippen LogP contribution in [0, 0.1) is 0 Å². The number of ether oxygens (including phenoxy) is 8. The van der Waals surface area contributed by atoms with Crippen molar-refractivity contribution >= 4 is 71.6 Å². The highest BCUT2D eigenvalue weighted by atomic mass is 17.2. The summed E-state index contributed by atoms with van der Waals surface area (Å²) in [6, 6.07) is 3.02. The molecule has 0 amide bonds. The minimum atomic E-state index is -1.61. The van der Waals surface area contributed by atoms with Crippen LogP contribution in [0.3, 0.4) is 0 Å². The topological polar surface area (TPSA) is 433 Å². The van der Waals surface area contributed by atoms with E-state index in [4.69, 9.17) is 77.0 Å². The van der Waals surface area contributed by atoms with E-state index in [0.29, 0.717) is 106 Å². The maximum atomic E-state index is 12.8. The highest BCUT2D eigenvalue weighted by Gasteiger charge is 2.29. The predicted octanol–water partition coefficient (Wildman–Crippen LogP) is 9.76. The zero-order valence-electron chi connectivity index (χ0n) is 56.2. The van der Waals surface area contributed by atoms with Crippen LogP contribution in [0.2, 0.25) is 0 Å². The predicted molar refractivity (Wildman–Crippen MR) is 341 cm³/mol. The van der Waals surface area contributed by atoms with Crippen molar-refractivity contribution in [3.63, 3.8) is 0 Å². The summed E-state index contributed by atoms with van der Waals surface area (Å²) < 4.78 is 40.5. The fourth-order valence-electron chi connectivity index (χ4n) is 7.43. The number of unbranched alkanes of at least 4 members (excludes halogenated alkanes) is 8. The molecule has 0 atom stereocenters. The van der Waals surface area contributed by atoms with Crippen LogP contribution in [0.5, 0.6) is 0 Å². The third kappa shape index (κ3) is 38.8. The first-order valence-electron chi connectivity index (χ1n) is 31.1. The first-order chi connectivity index (χ1) is 47.8. The number of carboxylic acids is 4. The Labute approximate surface area is 575 Å². The molecule has 100 heavy (non-hydrogen) atoms. The minimum absolute atomic E-state index is 0.00977. The Morgan fingerprint density at radius 1 is 0.270 bits per heavy atom. The van der Waals surface area contributed by atoms with Crippen LogP contribution in [0.4, 0.5) is 0 Å². The molecule has 0 unspecified atom stereocenters. The number of carbonyl (C=O) groups is 12. The molecule has 0 saturated carbocycles. The molecule has 2 rings (SSSR count). The fourth-order valence-corrected chi connectivity index (χ4v) is 7.43. The molecule has 0 fully saturated rings. The molecule has 2 aromatic rings. The summed E-state index contributed by atoms with van der Waals surface area (Å²) >= 11 is 0. The number of carbonyl (C=O) groups excluding carboxylic acids is 8. The average Bonchev–Trinajstić information content (AvgIpc) is 0.803. The maximum Gasteiger partial charge on any atom is 0.339 e. The van der Waals surface area contributed by atoms with Gasteiger partial charge >= 0.3 is 71.6 Å². The van der Waals surface area contributed by atoms with Gasteiger partial charge in [-0.05, 0) is 101 Å². The molecule has 32 heteroatoms. The van der Waals surface area contributed by atoms with E-state index >= 15 is 0 Å². The Kier molecular flexibility index (Phi) is 45.6. The van der Waals surface area contributed by atoms with Crippen molar-refractivity contribution < 1.29 is 155 Å². The van der Waals surface area contributed by atoms with Gasteiger partial charge in [-0.25, -0.2) is 38.4 Å². The normalized spacial score (nSPS) is 10.1. The summed E-state index contributed by atoms with van der Waals surface area (Å²) in [4.78, 5) is 184. The SMILES string of the molecule is C=C=C(C)OOCCOC(=O)CCCCCOC(=O)c1cc(C(=O)O)c(C(=O)OCCCCCC(=O)OCCOOC(C)=C=C)cc1C(=O)O.C=C=C(C)OOCCOC(=O)CCCCCOC(=O)c1cc(C(=O)OCCCCCC(=O)OCCOOC(C)=C=C)c(C(=O)O)cc1C(=O)O. The van der Waals surface area contributed by atoms with E-state index in [2.05, 4.69) is 49.2 Å². The summed E-state index contributed by atoms with van der Waals surface area (Å²) in [5.74, 6) is -11.3. The number of esters is 8. The van der Waals surface area contributed by atoms with Gasteiger partial charge in [0.05, 0.1) is 70.9 Å². The third-order valence-corrected chi connectivity index (χ3v) is 12.6. The van der Waals surface area contributed by atoms with Crippen LogP contribution >= 0.6 is 0 Å². The van der Waals surface area contributed by atoms with Gasteiger partial charge in [-0.2, -0.15) is 19.6 Å². The Morgan fingerprint density at radius 2 is 0.460 bits per heavy atom. The Balaban J connectivity index is 0.000001000. The van der Waals surface area contributed by atoms with E-state index in [-0.39, 0.29) is 105 Å². The highest BCUT2D eigenvalue weighted by Crippen LogP contribution is 2.23. The largest absolute Gasteiger partial charge is 0.478 e. The van der Waals surface area contributed by atoms with Crippen molar-refractivity contribution in [2.45, 2.75) is 130 Å². The molecule has 0 saturated heterocycles. The molecule has 2 aromatic carbocycles. The quantitative estimate of drug-likeness (QED) is 0.00909. The van der Waals surface area contributed by atoms with Crippen LogP contribution in [0.1, 0.15) is 213 Å². The lowest BCUT2D eigenvalue weighted by Crippen LogP contribution is -2.19. The van der Waals surface area contributed by atoms with Crippen LogP contribution in [-0.2, 0) is 96.2 Å². The van der Waals surface area contributed by atoms with Crippen molar-refractivity contribution in [3.05, 3.63) is 141 Å². The zero-order valence-corrected chi connectivity index (χ0v) is 56.2. The average molecular weight is 1410 g/mol.